The van der Waals surface area contributed by atoms with E-state index in [-0.39, 0.29) is 12.0 Å². The fraction of sp³-hybridized carbons (Fsp3) is 0.278. The first-order valence-electron chi connectivity index (χ1n) is 7.52. The third-order valence-corrected chi connectivity index (χ3v) is 3.33. The van der Waals surface area contributed by atoms with Crippen LogP contribution in [-0.2, 0) is 11.3 Å². The molecule has 0 atom stereocenters. The molecule has 1 amide bonds. The van der Waals surface area contributed by atoms with Crippen molar-refractivity contribution in [3.8, 4) is 11.5 Å². The van der Waals surface area contributed by atoms with Crippen molar-refractivity contribution in [2.24, 2.45) is 0 Å². The number of rotatable bonds is 7. The van der Waals surface area contributed by atoms with Gasteiger partial charge in [-0.1, -0.05) is 11.6 Å². The number of methoxy groups -OCH3 is 1. The van der Waals surface area contributed by atoms with E-state index < -0.39 is 0 Å². The summed E-state index contributed by atoms with van der Waals surface area (Å²) in [4.78, 5) is 11.8. The van der Waals surface area contributed by atoms with Gasteiger partial charge >= 0.3 is 0 Å². The fourth-order valence-corrected chi connectivity index (χ4v) is 2.27. The van der Waals surface area contributed by atoms with Crippen LogP contribution >= 0.6 is 11.6 Å². The van der Waals surface area contributed by atoms with Crippen LogP contribution in [-0.4, -0.2) is 19.1 Å². The van der Waals surface area contributed by atoms with Gasteiger partial charge in [-0.3, -0.25) is 4.79 Å². The van der Waals surface area contributed by atoms with E-state index in [1.54, 1.807) is 43.7 Å². The lowest BCUT2D eigenvalue weighted by Gasteiger charge is -2.15. The Bertz CT molecular complexity index is 708. The highest BCUT2D eigenvalue weighted by Gasteiger charge is 2.12. The number of amides is 1. The summed E-state index contributed by atoms with van der Waals surface area (Å²) in [5, 5.41) is 3.16. The van der Waals surface area contributed by atoms with Crippen LogP contribution in [0.3, 0.4) is 0 Å². The van der Waals surface area contributed by atoms with Crippen LogP contribution in [0.1, 0.15) is 25.2 Å². The molecule has 1 N–H and O–H groups in total. The van der Waals surface area contributed by atoms with Gasteiger partial charge in [-0.2, -0.15) is 0 Å². The molecule has 2 aromatic rings. The number of ether oxygens (including phenoxy) is 2. The van der Waals surface area contributed by atoms with E-state index in [1.165, 1.54) is 6.08 Å². The molecule has 2 rings (SSSR count). The average molecular weight is 350 g/mol. The second-order valence-corrected chi connectivity index (χ2v) is 5.74. The predicted octanol–water partition coefficient (Wildman–Crippen LogP) is 4.06. The van der Waals surface area contributed by atoms with Crippen molar-refractivity contribution in [2.45, 2.75) is 26.5 Å². The Morgan fingerprint density at radius 3 is 2.83 bits per heavy atom. The molecule has 0 saturated carbocycles. The molecule has 5 nitrogen and oxygen atoms in total. The normalized spacial score (nSPS) is 11.0. The number of hydrogen-bond donors (Lipinski definition) is 1. The minimum atomic E-state index is -0.232. The van der Waals surface area contributed by atoms with Crippen molar-refractivity contribution < 1.29 is 18.7 Å². The Morgan fingerprint density at radius 1 is 1.42 bits per heavy atom. The van der Waals surface area contributed by atoms with Crippen molar-refractivity contribution in [2.75, 3.05) is 7.11 Å². The van der Waals surface area contributed by atoms with Gasteiger partial charge in [0.1, 0.15) is 5.76 Å². The van der Waals surface area contributed by atoms with Crippen LogP contribution in [0.4, 0.5) is 0 Å². The maximum absolute atomic E-state index is 11.8. The third-order valence-electron chi connectivity index (χ3n) is 3.05. The van der Waals surface area contributed by atoms with Gasteiger partial charge in [0.2, 0.25) is 5.91 Å². The summed E-state index contributed by atoms with van der Waals surface area (Å²) in [5.74, 6) is 1.47. The SMILES string of the molecule is COc1cc(/C=C/C(=O)NCc2ccco2)cc(Cl)c1OC(C)C. The zero-order chi connectivity index (χ0) is 17.5. The van der Waals surface area contributed by atoms with Gasteiger partial charge in [0.05, 0.1) is 31.0 Å². The van der Waals surface area contributed by atoms with Crippen molar-refractivity contribution in [1.29, 1.82) is 0 Å². The number of furan rings is 1. The van der Waals surface area contributed by atoms with Crippen molar-refractivity contribution >= 4 is 23.6 Å². The van der Waals surface area contributed by atoms with Gasteiger partial charge in [-0.15, -0.1) is 0 Å². The maximum Gasteiger partial charge on any atom is 0.244 e. The quantitative estimate of drug-likeness (QED) is 0.766. The molecule has 6 heteroatoms. The topological polar surface area (TPSA) is 60.7 Å². The van der Waals surface area contributed by atoms with Crippen LogP contribution in [0, 0.1) is 0 Å². The lowest BCUT2D eigenvalue weighted by Crippen LogP contribution is -2.19. The van der Waals surface area contributed by atoms with E-state index in [4.69, 9.17) is 25.5 Å². The predicted molar refractivity (Wildman–Crippen MR) is 93.4 cm³/mol. The van der Waals surface area contributed by atoms with E-state index >= 15 is 0 Å². The molecule has 1 heterocycles. The summed E-state index contributed by atoms with van der Waals surface area (Å²) < 4.78 is 16.1. The minimum absolute atomic E-state index is 0.0230. The monoisotopic (exact) mass is 349 g/mol. The Morgan fingerprint density at radius 2 is 2.21 bits per heavy atom. The summed E-state index contributed by atoms with van der Waals surface area (Å²) in [6, 6.07) is 7.05. The van der Waals surface area contributed by atoms with E-state index in [0.717, 1.165) is 5.56 Å². The molecule has 128 valence electrons. The average Bonchev–Trinajstić information content (AvgIpc) is 3.06. The number of hydrogen-bond acceptors (Lipinski definition) is 4. The number of carbonyl (C=O) groups excluding carboxylic acids is 1. The number of benzene rings is 1. The fourth-order valence-electron chi connectivity index (χ4n) is 2.00. The van der Waals surface area contributed by atoms with Crippen molar-refractivity contribution in [3.05, 3.63) is 53.0 Å². The maximum atomic E-state index is 11.8. The van der Waals surface area contributed by atoms with E-state index in [9.17, 15) is 4.79 Å². The number of halogens is 1. The Hall–Kier alpha value is -2.40. The van der Waals surface area contributed by atoms with Crippen molar-refractivity contribution in [1.82, 2.24) is 5.32 Å². The first kappa shape index (κ1) is 17.9. The molecule has 0 spiro atoms. The van der Waals surface area contributed by atoms with Gasteiger partial charge in [0.15, 0.2) is 11.5 Å². The largest absolute Gasteiger partial charge is 0.493 e. The molecule has 24 heavy (non-hydrogen) atoms. The molecule has 0 aliphatic rings. The van der Waals surface area contributed by atoms with Crippen LogP contribution < -0.4 is 14.8 Å². The van der Waals surface area contributed by atoms with Crippen LogP contribution in [0.2, 0.25) is 5.02 Å². The van der Waals surface area contributed by atoms with Gasteiger partial charge < -0.3 is 19.2 Å². The molecule has 0 saturated heterocycles. The summed E-state index contributed by atoms with van der Waals surface area (Å²) >= 11 is 6.25. The highest BCUT2D eigenvalue weighted by Crippen LogP contribution is 2.37. The summed E-state index contributed by atoms with van der Waals surface area (Å²) in [5.41, 5.74) is 0.737. The highest BCUT2D eigenvalue weighted by atomic mass is 35.5. The van der Waals surface area contributed by atoms with E-state index in [1.807, 2.05) is 13.8 Å². The molecule has 0 radical (unpaired) electrons. The second kappa shape index (κ2) is 8.45. The lowest BCUT2D eigenvalue weighted by molar-refractivity contribution is -0.116. The van der Waals surface area contributed by atoms with Gasteiger partial charge in [0, 0.05) is 6.08 Å². The molecule has 0 aliphatic heterocycles. The van der Waals surface area contributed by atoms with E-state index in [0.29, 0.717) is 28.8 Å². The molecular formula is C18H20ClNO4. The van der Waals surface area contributed by atoms with Gasteiger partial charge in [-0.25, -0.2) is 0 Å². The number of carbonyl (C=O) groups is 1. The van der Waals surface area contributed by atoms with Gasteiger partial charge in [0.25, 0.3) is 0 Å². The summed E-state index contributed by atoms with van der Waals surface area (Å²) in [6.45, 7) is 4.15. The smallest absolute Gasteiger partial charge is 0.244 e. The van der Waals surface area contributed by atoms with E-state index in [2.05, 4.69) is 5.32 Å². The standard InChI is InChI=1S/C18H20ClNO4/c1-12(2)24-18-15(19)9-13(10-16(18)22-3)6-7-17(21)20-11-14-5-4-8-23-14/h4-10,12H,11H2,1-3H3,(H,20,21)/b7-6+. The summed E-state index contributed by atoms with van der Waals surface area (Å²) in [7, 11) is 1.54. The Labute approximate surface area is 146 Å². The molecule has 0 unspecified atom stereocenters. The highest BCUT2D eigenvalue weighted by molar-refractivity contribution is 6.32. The Balaban J connectivity index is 2.05. The third kappa shape index (κ3) is 5.06. The number of nitrogens with one attached hydrogen (secondary N) is 1. The summed E-state index contributed by atoms with van der Waals surface area (Å²) in [6.07, 6.45) is 4.62. The van der Waals surface area contributed by atoms with Crippen LogP contribution in [0.5, 0.6) is 11.5 Å². The molecular weight excluding hydrogens is 330 g/mol. The first-order chi connectivity index (χ1) is 11.5. The molecule has 0 fully saturated rings. The molecule has 0 bridgehead atoms. The molecule has 1 aromatic heterocycles. The van der Waals surface area contributed by atoms with Crippen molar-refractivity contribution in [3.63, 3.8) is 0 Å². The van der Waals surface area contributed by atoms with Crippen LogP contribution in [0.15, 0.2) is 41.0 Å². The second-order valence-electron chi connectivity index (χ2n) is 5.33. The molecule has 0 aliphatic carbocycles. The minimum Gasteiger partial charge on any atom is -0.493 e. The zero-order valence-electron chi connectivity index (χ0n) is 13.8. The van der Waals surface area contributed by atoms with Crippen LogP contribution in [0.25, 0.3) is 6.08 Å². The van der Waals surface area contributed by atoms with Gasteiger partial charge in [-0.05, 0) is 49.8 Å². The first-order valence-corrected chi connectivity index (χ1v) is 7.90. The zero-order valence-corrected chi connectivity index (χ0v) is 14.6. The lowest BCUT2D eigenvalue weighted by atomic mass is 10.2. The Kier molecular flexibility index (Phi) is 6.32. The molecule has 1 aromatic carbocycles.